The number of hydrogen-bond donors (Lipinski definition) is 0. The van der Waals surface area contributed by atoms with Crippen LogP contribution in [0.5, 0.6) is 0 Å². The summed E-state index contributed by atoms with van der Waals surface area (Å²) >= 11 is 0. The van der Waals surface area contributed by atoms with Crippen molar-refractivity contribution in [3.8, 4) is 0 Å². The summed E-state index contributed by atoms with van der Waals surface area (Å²) in [6, 6.07) is 17.3. The van der Waals surface area contributed by atoms with Gasteiger partial charge in [-0.25, -0.2) is 0 Å². The molecule has 0 aliphatic carbocycles. The highest BCUT2D eigenvalue weighted by Gasteiger charge is 2.20. The van der Waals surface area contributed by atoms with Gasteiger partial charge in [0.15, 0.2) is 5.78 Å². The van der Waals surface area contributed by atoms with Gasteiger partial charge in [-0.1, -0.05) is 66.7 Å². The van der Waals surface area contributed by atoms with Gasteiger partial charge in [0.2, 0.25) is 0 Å². The van der Waals surface area contributed by atoms with Crippen molar-refractivity contribution < 1.29 is 4.79 Å². The molecule has 2 heteroatoms. The molecule has 2 aromatic carbocycles. The van der Waals surface area contributed by atoms with E-state index in [9.17, 15) is 4.79 Å². The number of Topliss-reactive ketones (excluding diaryl/α,β-unsaturated/α-hetero) is 1. The molecule has 0 aromatic heterocycles. The Labute approximate surface area is 130 Å². The first-order valence-electron chi connectivity index (χ1n) is 7.33. The SMILES string of the molecule is Cc1ccccc1C(=O)C1C=CC(/C=C/c2ccccc2)=N1. The van der Waals surface area contributed by atoms with Gasteiger partial charge in [-0.05, 0) is 30.2 Å². The summed E-state index contributed by atoms with van der Waals surface area (Å²) in [5, 5.41) is 0. The molecule has 2 nitrogen and oxygen atoms in total. The van der Waals surface area contributed by atoms with Crippen LogP contribution in [0.25, 0.3) is 6.08 Å². The van der Waals surface area contributed by atoms with Crippen molar-refractivity contribution in [2.45, 2.75) is 13.0 Å². The van der Waals surface area contributed by atoms with Crippen LogP contribution in [-0.2, 0) is 0 Å². The van der Waals surface area contributed by atoms with E-state index in [4.69, 9.17) is 0 Å². The van der Waals surface area contributed by atoms with E-state index >= 15 is 0 Å². The van der Waals surface area contributed by atoms with E-state index in [0.29, 0.717) is 0 Å². The molecule has 22 heavy (non-hydrogen) atoms. The van der Waals surface area contributed by atoms with Crippen LogP contribution in [0.2, 0.25) is 0 Å². The number of ketones is 1. The molecule has 0 amide bonds. The number of rotatable bonds is 4. The molecule has 1 aliphatic rings. The molecule has 0 N–H and O–H groups in total. The number of hydrogen-bond acceptors (Lipinski definition) is 2. The first-order chi connectivity index (χ1) is 10.7. The summed E-state index contributed by atoms with van der Waals surface area (Å²) in [6.45, 7) is 1.95. The Bertz CT molecular complexity index is 769. The molecule has 0 fully saturated rings. The minimum Gasteiger partial charge on any atom is -0.291 e. The lowest BCUT2D eigenvalue weighted by molar-refractivity contribution is 0.0979. The van der Waals surface area contributed by atoms with Crippen LogP contribution < -0.4 is 0 Å². The number of benzene rings is 2. The molecular weight excluding hydrogens is 270 g/mol. The van der Waals surface area contributed by atoms with Gasteiger partial charge in [0, 0.05) is 5.56 Å². The minimum atomic E-state index is -0.406. The second-order valence-electron chi connectivity index (χ2n) is 5.28. The fraction of sp³-hybridized carbons (Fsp3) is 0.100. The first-order valence-corrected chi connectivity index (χ1v) is 7.33. The summed E-state index contributed by atoms with van der Waals surface area (Å²) in [7, 11) is 0. The largest absolute Gasteiger partial charge is 0.291 e. The molecule has 1 aliphatic heterocycles. The number of carbonyl (C=O) groups is 1. The van der Waals surface area contributed by atoms with Gasteiger partial charge in [-0.2, -0.15) is 0 Å². The van der Waals surface area contributed by atoms with E-state index in [1.807, 2.05) is 85.8 Å². The van der Waals surface area contributed by atoms with Crippen molar-refractivity contribution in [3.63, 3.8) is 0 Å². The highest BCUT2D eigenvalue weighted by atomic mass is 16.1. The quantitative estimate of drug-likeness (QED) is 0.772. The maximum absolute atomic E-state index is 12.5. The molecule has 1 unspecified atom stereocenters. The lowest BCUT2D eigenvalue weighted by atomic mass is 10.0. The average Bonchev–Trinajstić information content (AvgIpc) is 3.03. The van der Waals surface area contributed by atoms with Gasteiger partial charge in [0.25, 0.3) is 0 Å². The Kier molecular flexibility index (Phi) is 4.10. The van der Waals surface area contributed by atoms with Crippen LogP contribution in [0.15, 0.2) is 77.8 Å². The fourth-order valence-corrected chi connectivity index (χ4v) is 2.44. The monoisotopic (exact) mass is 287 g/mol. The summed E-state index contributed by atoms with van der Waals surface area (Å²) in [5.41, 5.74) is 3.68. The normalized spacial score (nSPS) is 17.0. The van der Waals surface area contributed by atoms with E-state index in [2.05, 4.69) is 4.99 Å². The minimum absolute atomic E-state index is 0.0532. The third-order valence-electron chi connectivity index (χ3n) is 3.66. The molecular formula is C20H17NO. The van der Waals surface area contributed by atoms with E-state index in [1.165, 1.54) is 0 Å². The predicted molar refractivity (Wildman–Crippen MR) is 91.3 cm³/mol. The van der Waals surface area contributed by atoms with E-state index in [1.54, 1.807) is 0 Å². The van der Waals surface area contributed by atoms with Crippen molar-refractivity contribution >= 4 is 17.6 Å². The lowest BCUT2D eigenvalue weighted by Gasteiger charge is -2.06. The van der Waals surface area contributed by atoms with Crippen molar-refractivity contribution in [1.82, 2.24) is 0 Å². The molecule has 0 saturated heterocycles. The van der Waals surface area contributed by atoms with Gasteiger partial charge in [-0.15, -0.1) is 0 Å². The second-order valence-corrected chi connectivity index (χ2v) is 5.28. The molecule has 0 spiro atoms. The maximum atomic E-state index is 12.5. The zero-order chi connectivity index (χ0) is 15.4. The van der Waals surface area contributed by atoms with E-state index in [-0.39, 0.29) is 5.78 Å². The summed E-state index contributed by atoms with van der Waals surface area (Å²) in [6.07, 6.45) is 7.71. The van der Waals surface area contributed by atoms with Crippen LogP contribution in [0.4, 0.5) is 0 Å². The highest BCUT2D eigenvalue weighted by Crippen LogP contribution is 2.16. The first kappa shape index (κ1) is 14.2. The molecule has 1 heterocycles. The Morgan fingerprint density at radius 1 is 1.00 bits per heavy atom. The lowest BCUT2D eigenvalue weighted by Crippen LogP contribution is -2.16. The molecule has 108 valence electrons. The fourth-order valence-electron chi connectivity index (χ4n) is 2.44. The third kappa shape index (κ3) is 3.12. The number of allylic oxidation sites excluding steroid dienone is 2. The Hall–Kier alpha value is -2.74. The van der Waals surface area contributed by atoms with E-state index in [0.717, 1.165) is 22.4 Å². The number of aliphatic imine (C=N–C) groups is 1. The molecule has 2 aromatic rings. The number of carbonyl (C=O) groups excluding carboxylic acids is 1. The van der Waals surface area contributed by atoms with Crippen LogP contribution in [-0.4, -0.2) is 17.5 Å². The van der Waals surface area contributed by atoms with Gasteiger partial charge >= 0.3 is 0 Å². The van der Waals surface area contributed by atoms with Crippen LogP contribution >= 0.6 is 0 Å². The molecule has 0 saturated carbocycles. The predicted octanol–water partition coefficient (Wildman–Crippen LogP) is 4.27. The van der Waals surface area contributed by atoms with Gasteiger partial charge in [0.05, 0.1) is 5.71 Å². The van der Waals surface area contributed by atoms with Crippen molar-refractivity contribution in [3.05, 3.63) is 89.5 Å². The molecule has 0 radical (unpaired) electrons. The molecule has 0 bridgehead atoms. The highest BCUT2D eigenvalue weighted by molar-refractivity contribution is 6.13. The van der Waals surface area contributed by atoms with Gasteiger partial charge in [0.1, 0.15) is 6.04 Å². The van der Waals surface area contributed by atoms with Crippen molar-refractivity contribution in [2.75, 3.05) is 0 Å². The molecule has 3 rings (SSSR count). The number of aryl methyl sites for hydroxylation is 1. The smallest absolute Gasteiger partial charge is 0.191 e. The zero-order valence-electron chi connectivity index (χ0n) is 12.4. The van der Waals surface area contributed by atoms with Crippen LogP contribution in [0.1, 0.15) is 21.5 Å². The average molecular weight is 287 g/mol. The molecule has 1 atom stereocenters. The topological polar surface area (TPSA) is 29.4 Å². The maximum Gasteiger partial charge on any atom is 0.191 e. The van der Waals surface area contributed by atoms with Gasteiger partial charge in [-0.3, -0.25) is 9.79 Å². The van der Waals surface area contributed by atoms with Crippen LogP contribution in [0.3, 0.4) is 0 Å². The number of nitrogens with zero attached hydrogens (tertiary/aromatic N) is 1. The Morgan fingerprint density at radius 2 is 1.73 bits per heavy atom. The second kappa shape index (κ2) is 6.35. The summed E-state index contributed by atoms with van der Waals surface area (Å²) < 4.78 is 0. The Morgan fingerprint density at radius 3 is 2.50 bits per heavy atom. The van der Waals surface area contributed by atoms with Crippen molar-refractivity contribution in [2.24, 2.45) is 4.99 Å². The van der Waals surface area contributed by atoms with Crippen molar-refractivity contribution in [1.29, 1.82) is 0 Å². The zero-order valence-corrected chi connectivity index (χ0v) is 12.4. The summed E-state index contributed by atoms with van der Waals surface area (Å²) in [5.74, 6) is 0.0532. The van der Waals surface area contributed by atoms with E-state index < -0.39 is 6.04 Å². The standard InChI is InChI=1S/C20H17NO/c1-15-7-5-6-10-18(15)20(22)19-14-13-17(21-19)12-11-16-8-3-2-4-9-16/h2-14,19H,1H3/b12-11+. The third-order valence-corrected chi connectivity index (χ3v) is 3.66. The van der Waals surface area contributed by atoms with Crippen LogP contribution in [0, 0.1) is 6.92 Å². The summed E-state index contributed by atoms with van der Waals surface area (Å²) in [4.78, 5) is 17.0. The Balaban J connectivity index is 1.75. The van der Waals surface area contributed by atoms with Gasteiger partial charge < -0.3 is 0 Å².